The van der Waals surface area contributed by atoms with Crippen LogP contribution in [0.3, 0.4) is 0 Å². The number of carbonyl (C=O) groups is 1. The molecule has 0 radical (unpaired) electrons. The first-order valence-electron chi connectivity index (χ1n) is 10.7. The van der Waals surface area contributed by atoms with E-state index in [2.05, 4.69) is 15.6 Å². The van der Waals surface area contributed by atoms with Crippen LogP contribution in [-0.2, 0) is 16.9 Å². The van der Waals surface area contributed by atoms with E-state index in [1.807, 2.05) is 66.4 Å². The zero-order valence-corrected chi connectivity index (χ0v) is 20.6. The highest BCUT2D eigenvalue weighted by Crippen LogP contribution is 2.22. The third-order valence-electron chi connectivity index (χ3n) is 5.33. The lowest BCUT2D eigenvalue weighted by atomic mass is 9.96. The number of benzene rings is 2. The van der Waals surface area contributed by atoms with Gasteiger partial charge in [-0.2, -0.15) is 0 Å². The highest BCUT2D eigenvalue weighted by Gasteiger charge is 2.23. The summed E-state index contributed by atoms with van der Waals surface area (Å²) in [5.41, 5.74) is 1.88. The number of halogens is 1. The van der Waals surface area contributed by atoms with Crippen LogP contribution in [0.4, 0.5) is 5.69 Å². The summed E-state index contributed by atoms with van der Waals surface area (Å²) in [6, 6.07) is 17.6. The van der Waals surface area contributed by atoms with E-state index in [4.69, 9.17) is 0 Å². The number of hydrogen-bond donors (Lipinski definition) is 3. The smallest absolute Gasteiger partial charge is 0.226 e. The Morgan fingerprint density at radius 3 is 2.45 bits per heavy atom. The summed E-state index contributed by atoms with van der Waals surface area (Å²) in [6.07, 6.45) is 2.68. The molecular formula is C24H33IN4O2. The van der Waals surface area contributed by atoms with Crippen molar-refractivity contribution >= 4 is 41.5 Å². The molecule has 0 spiro atoms. The zero-order valence-electron chi connectivity index (χ0n) is 18.3. The van der Waals surface area contributed by atoms with Crippen molar-refractivity contribution in [3.05, 3.63) is 65.7 Å². The maximum atomic E-state index is 12.1. The van der Waals surface area contributed by atoms with Crippen LogP contribution < -0.4 is 15.5 Å². The van der Waals surface area contributed by atoms with Gasteiger partial charge in [0, 0.05) is 25.2 Å². The monoisotopic (exact) mass is 536 g/mol. The second-order valence-electron chi connectivity index (χ2n) is 7.86. The van der Waals surface area contributed by atoms with E-state index in [0.717, 1.165) is 42.7 Å². The van der Waals surface area contributed by atoms with E-state index >= 15 is 0 Å². The molecule has 1 aliphatic rings. The van der Waals surface area contributed by atoms with Crippen molar-refractivity contribution in [3.8, 4) is 0 Å². The molecule has 0 aliphatic carbocycles. The number of anilines is 1. The molecule has 0 saturated carbocycles. The van der Waals surface area contributed by atoms with Gasteiger partial charge in [-0.25, -0.2) is 4.99 Å². The van der Waals surface area contributed by atoms with Gasteiger partial charge in [-0.3, -0.25) is 4.79 Å². The van der Waals surface area contributed by atoms with Gasteiger partial charge in [0.15, 0.2) is 5.96 Å². The summed E-state index contributed by atoms with van der Waals surface area (Å²) in [6.45, 7) is 6.19. The van der Waals surface area contributed by atoms with Gasteiger partial charge in [-0.05, 0) is 49.9 Å². The fourth-order valence-corrected chi connectivity index (χ4v) is 3.53. The van der Waals surface area contributed by atoms with E-state index < -0.39 is 5.60 Å². The fourth-order valence-electron chi connectivity index (χ4n) is 3.53. The van der Waals surface area contributed by atoms with Gasteiger partial charge in [-0.15, -0.1) is 24.0 Å². The predicted molar refractivity (Wildman–Crippen MR) is 137 cm³/mol. The fraction of sp³-hybridized carbons (Fsp3) is 0.417. The Morgan fingerprint density at radius 1 is 1.10 bits per heavy atom. The van der Waals surface area contributed by atoms with Crippen LogP contribution in [0.25, 0.3) is 0 Å². The molecule has 0 bridgehead atoms. The second kappa shape index (κ2) is 12.0. The molecule has 1 unspecified atom stereocenters. The maximum Gasteiger partial charge on any atom is 0.226 e. The molecule has 2 aromatic rings. The van der Waals surface area contributed by atoms with Gasteiger partial charge >= 0.3 is 0 Å². The van der Waals surface area contributed by atoms with Gasteiger partial charge in [-0.1, -0.05) is 42.5 Å². The number of amides is 1. The number of rotatable bonds is 7. The molecule has 1 heterocycles. The normalized spacial score (nSPS) is 16.3. The number of hydrogen-bond acceptors (Lipinski definition) is 3. The summed E-state index contributed by atoms with van der Waals surface area (Å²) < 4.78 is 0. The lowest BCUT2D eigenvalue weighted by Crippen LogP contribution is -2.44. The van der Waals surface area contributed by atoms with Crippen molar-refractivity contribution in [2.75, 3.05) is 24.5 Å². The van der Waals surface area contributed by atoms with E-state index in [1.54, 1.807) is 6.92 Å². The Balaban J connectivity index is 0.00000341. The Morgan fingerprint density at radius 2 is 1.81 bits per heavy atom. The molecule has 1 saturated heterocycles. The van der Waals surface area contributed by atoms with Crippen molar-refractivity contribution < 1.29 is 9.90 Å². The minimum atomic E-state index is -1.000. The molecule has 3 rings (SSSR count). The summed E-state index contributed by atoms with van der Waals surface area (Å²) in [4.78, 5) is 18.6. The highest BCUT2D eigenvalue weighted by atomic mass is 127. The summed E-state index contributed by atoms with van der Waals surface area (Å²) in [7, 11) is 0. The topological polar surface area (TPSA) is 77.0 Å². The van der Waals surface area contributed by atoms with Crippen LogP contribution in [0.2, 0.25) is 0 Å². The van der Waals surface area contributed by atoms with Crippen LogP contribution >= 0.6 is 24.0 Å². The van der Waals surface area contributed by atoms with Crippen molar-refractivity contribution in [3.63, 3.8) is 0 Å². The van der Waals surface area contributed by atoms with Crippen LogP contribution in [-0.4, -0.2) is 36.6 Å². The van der Waals surface area contributed by atoms with Gasteiger partial charge in [0.2, 0.25) is 5.91 Å². The van der Waals surface area contributed by atoms with E-state index in [9.17, 15) is 9.90 Å². The molecule has 1 aliphatic heterocycles. The first-order chi connectivity index (χ1) is 14.5. The van der Waals surface area contributed by atoms with Crippen LogP contribution in [0.15, 0.2) is 59.6 Å². The molecule has 2 aromatic carbocycles. The Labute approximate surface area is 202 Å². The van der Waals surface area contributed by atoms with Crippen molar-refractivity contribution in [1.82, 2.24) is 10.6 Å². The lowest BCUT2D eigenvalue weighted by molar-refractivity contribution is -0.119. The average Bonchev–Trinajstić information content (AvgIpc) is 2.77. The zero-order chi connectivity index (χ0) is 21.4. The molecule has 31 heavy (non-hydrogen) atoms. The number of nitrogens with one attached hydrogen (secondary N) is 2. The molecule has 3 N–H and O–H groups in total. The van der Waals surface area contributed by atoms with Crippen LogP contribution in [0.1, 0.15) is 44.2 Å². The number of carbonyl (C=O) groups excluding carboxylic acids is 1. The lowest BCUT2D eigenvalue weighted by Gasteiger charge is -2.26. The Bertz CT molecular complexity index is 854. The van der Waals surface area contributed by atoms with Gasteiger partial charge in [0.1, 0.15) is 5.60 Å². The molecule has 1 fully saturated rings. The average molecular weight is 536 g/mol. The number of piperidine rings is 1. The first kappa shape index (κ1) is 25.1. The standard InChI is InChI=1S/C24H32N4O2.HI/c1-3-25-23(27-18-24(2,30)20-9-5-4-6-10-20)26-17-19-12-14-21(15-13-19)28-16-8-7-11-22(28)29;/h4-6,9-10,12-15,30H,3,7-8,11,16-18H2,1-2H3,(H2,25,26,27);1H. The molecule has 6 nitrogen and oxygen atoms in total. The van der Waals surface area contributed by atoms with Gasteiger partial charge in [0.05, 0.1) is 13.1 Å². The van der Waals surface area contributed by atoms with Crippen LogP contribution in [0.5, 0.6) is 0 Å². The van der Waals surface area contributed by atoms with Crippen molar-refractivity contribution in [2.45, 2.75) is 45.3 Å². The highest BCUT2D eigenvalue weighted by molar-refractivity contribution is 14.0. The quantitative estimate of drug-likeness (QED) is 0.286. The Kier molecular flexibility index (Phi) is 9.77. The molecule has 1 atom stereocenters. The summed E-state index contributed by atoms with van der Waals surface area (Å²) >= 11 is 0. The number of aliphatic imine (C=N–C) groups is 1. The van der Waals surface area contributed by atoms with E-state index in [1.165, 1.54) is 0 Å². The molecule has 0 aromatic heterocycles. The Hall–Kier alpha value is -2.13. The van der Waals surface area contributed by atoms with Crippen molar-refractivity contribution in [1.29, 1.82) is 0 Å². The van der Waals surface area contributed by atoms with Gasteiger partial charge in [0.25, 0.3) is 0 Å². The number of nitrogens with zero attached hydrogens (tertiary/aromatic N) is 2. The molecule has 168 valence electrons. The third kappa shape index (κ3) is 7.21. The van der Waals surface area contributed by atoms with E-state index in [0.29, 0.717) is 25.5 Å². The molecule has 1 amide bonds. The van der Waals surface area contributed by atoms with Crippen LogP contribution in [0, 0.1) is 0 Å². The minimum Gasteiger partial charge on any atom is -0.384 e. The third-order valence-corrected chi connectivity index (χ3v) is 5.33. The predicted octanol–water partition coefficient (Wildman–Crippen LogP) is 3.78. The first-order valence-corrected chi connectivity index (χ1v) is 10.7. The van der Waals surface area contributed by atoms with E-state index in [-0.39, 0.29) is 29.9 Å². The van der Waals surface area contributed by atoms with Gasteiger partial charge < -0.3 is 20.6 Å². The second-order valence-corrected chi connectivity index (χ2v) is 7.86. The number of guanidine groups is 1. The minimum absolute atomic E-state index is 0. The number of aliphatic hydroxyl groups is 1. The summed E-state index contributed by atoms with van der Waals surface area (Å²) in [5, 5.41) is 17.2. The maximum absolute atomic E-state index is 12.1. The summed E-state index contributed by atoms with van der Waals surface area (Å²) in [5.74, 6) is 0.861. The molecular weight excluding hydrogens is 503 g/mol. The van der Waals surface area contributed by atoms with Crippen molar-refractivity contribution in [2.24, 2.45) is 4.99 Å². The largest absolute Gasteiger partial charge is 0.384 e. The SMILES string of the molecule is CCNC(=NCc1ccc(N2CCCCC2=O)cc1)NCC(C)(O)c1ccccc1.I. The molecule has 7 heteroatoms.